The summed E-state index contributed by atoms with van der Waals surface area (Å²) >= 11 is 0. The van der Waals surface area contributed by atoms with Gasteiger partial charge in [0.25, 0.3) is 0 Å². The van der Waals surface area contributed by atoms with Crippen molar-refractivity contribution < 1.29 is 0 Å². The smallest absolute Gasteiger partial charge is 0.0208 e. The molecular weight excluding hydrogens is 280 g/mol. The van der Waals surface area contributed by atoms with Crippen molar-refractivity contribution in [1.29, 1.82) is 0 Å². The second-order valence-electron chi connectivity index (χ2n) is 8.97. The van der Waals surface area contributed by atoms with Crippen LogP contribution in [-0.2, 0) is 6.54 Å². The molecule has 23 heavy (non-hydrogen) atoms. The lowest BCUT2D eigenvalue weighted by molar-refractivity contribution is 0.0458. The zero-order valence-corrected chi connectivity index (χ0v) is 15.2. The summed E-state index contributed by atoms with van der Waals surface area (Å²) in [6, 6.07) is 12.4. The average molecular weight is 315 g/mol. The second-order valence-corrected chi connectivity index (χ2v) is 8.97. The van der Waals surface area contributed by atoms with Gasteiger partial charge in [-0.15, -0.1) is 0 Å². The van der Waals surface area contributed by atoms with Gasteiger partial charge in [-0.3, -0.25) is 4.90 Å². The molecular formula is C21H34N2. The predicted molar refractivity (Wildman–Crippen MR) is 98.5 cm³/mol. The fourth-order valence-electron chi connectivity index (χ4n) is 4.31. The van der Waals surface area contributed by atoms with E-state index >= 15 is 0 Å². The van der Waals surface area contributed by atoms with E-state index < -0.39 is 0 Å². The molecule has 1 aliphatic carbocycles. The molecule has 2 atom stereocenters. The lowest BCUT2D eigenvalue weighted by Gasteiger charge is -2.46. The number of piperidine rings is 1. The van der Waals surface area contributed by atoms with Crippen LogP contribution in [0.25, 0.3) is 0 Å². The van der Waals surface area contributed by atoms with Gasteiger partial charge in [-0.05, 0) is 42.6 Å². The van der Waals surface area contributed by atoms with Crippen molar-refractivity contribution >= 4 is 0 Å². The van der Waals surface area contributed by atoms with Gasteiger partial charge in [0.1, 0.15) is 0 Å². The molecule has 0 bridgehead atoms. The Labute approximate surface area is 142 Å². The summed E-state index contributed by atoms with van der Waals surface area (Å²) in [6.07, 6.45) is 6.97. The maximum atomic E-state index is 3.85. The fraction of sp³-hybridized carbons (Fsp3) is 0.714. The van der Waals surface area contributed by atoms with E-state index in [4.69, 9.17) is 0 Å². The predicted octanol–water partition coefficient (Wildman–Crippen LogP) is 4.46. The van der Waals surface area contributed by atoms with E-state index in [-0.39, 0.29) is 0 Å². The van der Waals surface area contributed by atoms with E-state index in [1.807, 2.05) is 0 Å². The number of benzene rings is 1. The van der Waals surface area contributed by atoms with Crippen LogP contribution < -0.4 is 5.32 Å². The van der Waals surface area contributed by atoms with Crippen molar-refractivity contribution in [3.8, 4) is 0 Å². The minimum atomic E-state index is 0.442. The SMILES string of the molecule is CC(C)(C)CC1CC(NCc2ccccc2)CN(C2CCC2)C1. The zero-order chi connectivity index (χ0) is 16.3. The molecule has 2 aliphatic rings. The Morgan fingerprint density at radius 2 is 1.83 bits per heavy atom. The van der Waals surface area contributed by atoms with Crippen LogP contribution in [0.1, 0.15) is 58.4 Å². The molecule has 2 unspecified atom stereocenters. The highest BCUT2D eigenvalue weighted by Gasteiger charge is 2.34. The monoisotopic (exact) mass is 314 g/mol. The molecule has 2 nitrogen and oxygen atoms in total. The van der Waals surface area contributed by atoms with E-state index in [1.54, 1.807) is 0 Å². The molecule has 0 radical (unpaired) electrons. The summed E-state index contributed by atoms with van der Waals surface area (Å²) in [5, 5.41) is 3.85. The number of rotatable bonds is 5. The van der Waals surface area contributed by atoms with Crippen molar-refractivity contribution in [1.82, 2.24) is 10.2 Å². The van der Waals surface area contributed by atoms with Crippen LogP contribution in [0.5, 0.6) is 0 Å². The first-order valence-electron chi connectivity index (χ1n) is 9.51. The number of nitrogens with zero attached hydrogens (tertiary/aromatic N) is 1. The van der Waals surface area contributed by atoms with Gasteiger partial charge in [0.15, 0.2) is 0 Å². The van der Waals surface area contributed by atoms with Gasteiger partial charge in [-0.25, -0.2) is 0 Å². The average Bonchev–Trinajstić information content (AvgIpc) is 2.42. The third kappa shape index (κ3) is 5.06. The highest BCUT2D eigenvalue weighted by Crippen LogP contribution is 2.34. The summed E-state index contributed by atoms with van der Waals surface area (Å²) in [5.41, 5.74) is 1.85. The number of nitrogens with one attached hydrogen (secondary N) is 1. The van der Waals surface area contributed by atoms with E-state index in [0.717, 1.165) is 18.5 Å². The highest BCUT2D eigenvalue weighted by atomic mass is 15.2. The van der Waals surface area contributed by atoms with Crippen LogP contribution >= 0.6 is 0 Å². The molecule has 0 spiro atoms. The first-order chi connectivity index (χ1) is 11.0. The molecule has 1 saturated heterocycles. The van der Waals surface area contributed by atoms with Crippen LogP contribution in [0.15, 0.2) is 30.3 Å². The maximum Gasteiger partial charge on any atom is 0.0208 e. The molecule has 3 rings (SSSR count). The first kappa shape index (κ1) is 17.0. The van der Waals surface area contributed by atoms with Gasteiger partial charge in [0.2, 0.25) is 0 Å². The van der Waals surface area contributed by atoms with E-state index in [2.05, 4.69) is 61.3 Å². The topological polar surface area (TPSA) is 15.3 Å². The molecule has 1 heterocycles. The lowest BCUT2D eigenvalue weighted by Crippen LogP contribution is -2.54. The van der Waals surface area contributed by atoms with Crippen LogP contribution in [0.3, 0.4) is 0 Å². The van der Waals surface area contributed by atoms with Gasteiger partial charge < -0.3 is 5.32 Å². The van der Waals surface area contributed by atoms with E-state index in [0.29, 0.717) is 11.5 Å². The number of hydrogen-bond donors (Lipinski definition) is 1. The standard InChI is InChI=1S/C21H34N2/c1-21(2,3)13-18-12-19(16-23(15-18)20-10-7-11-20)22-14-17-8-5-4-6-9-17/h4-6,8-9,18-20,22H,7,10-16H2,1-3H3. The third-order valence-corrected chi connectivity index (χ3v) is 5.50. The number of likely N-dealkylation sites (tertiary alicyclic amines) is 1. The normalized spacial score (nSPS) is 26.9. The maximum absolute atomic E-state index is 3.85. The molecule has 1 N–H and O–H groups in total. The minimum absolute atomic E-state index is 0.442. The van der Waals surface area contributed by atoms with Crippen molar-refractivity contribution in [3.05, 3.63) is 35.9 Å². The molecule has 2 heteroatoms. The summed E-state index contributed by atoms with van der Waals surface area (Å²) in [4.78, 5) is 2.80. The quantitative estimate of drug-likeness (QED) is 0.863. The molecule has 128 valence electrons. The summed E-state index contributed by atoms with van der Waals surface area (Å²) in [5.74, 6) is 0.845. The molecule has 1 aromatic carbocycles. The molecule has 2 fully saturated rings. The zero-order valence-electron chi connectivity index (χ0n) is 15.2. The fourth-order valence-corrected chi connectivity index (χ4v) is 4.31. The van der Waals surface area contributed by atoms with Gasteiger partial charge in [-0.2, -0.15) is 0 Å². The van der Waals surface area contributed by atoms with E-state index in [1.165, 1.54) is 50.8 Å². The Hall–Kier alpha value is -0.860. The Balaban J connectivity index is 1.58. The lowest BCUT2D eigenvalue weighted by atomic mass is 9.78. The molecule has 1 saturated carbocycles. The number of hydrogen-bond acceptors (Lipinski definition) is 2. The second kappa shape index (κ2) is 7.36. The highest BCUT2D eigenvalue weighted by molar-refractivity contribution is 5.14. The largest absolute Gasteiger partial charge is 0.309 e. The van der Waals surface area contributed by atoms with Gasteiger partial charge in [0, 0.05) is 31.7 Å². The van der Waals surface area contributed by atoms with Crippen LogP contribution in [0.2, 0.25) is 0 Å². The van der Waals surface area contributed by atoms with Crippen molar-refractivity contribution in [2.24, 2.45) is 11.3 Å². The van der Waals surface area contributed by atoms with Gasteiger partial charge >= 0.3 is 0 Å². The van der Waals surface area contributed by atoms with Crippen LogP contribution in [-0.4, -0.2) is 30.1 Å². The summed E-state index contributed by atoms with van der Waals surface area (Å²) in [7, 11) is 0. The van der Waals surface area contributed by atoms with Crippen molar-refractivity contribution in [2.75, 3.05) is 13.1 Å². The van der Waals surface area contributed by atoms with Crippen molar-refractivity contribution in [2.45, 2.75) is 71.5 Å². The van der Waals surface area contributed by atoms with Gasteiger partial charge in [0.05, 0.1) is 0 Å². The first-order valence-corrected chi connectivity index (χ1v) is 9.51. The summed E-state index contributed by atoms with van der Waals surface area (Å²) < 4.78 is 0. The third-order valence-electron chi connectivity index (χ3n) is 5.50. The summed E-state index contributed by atoms with van der Waals surface area (Å²) in [6.45, 7) is 10.8. The molecule has 0 aromatic heterocycles. The van der Waals surface area contributed by atoms with Crippen LogP contribution in [0, 0.1) is 11.3 Å². The Bertz CT molecular complexity index is 472. The Morgan fingerprint density at radius 1 is 1.09 bits per heavy atom. The minimum Gasteiger partial charge on any atom is -0.309 e. The Kier molecular flexibility index (Phi) is 5.43. The Morgan fingerprint density at radius 3 is 2.43 bits per heavy atom. The van der Waals surface area contributed by atoms with Crippen LogP contribution in [0.4, 0.5) is 0 Å². The molecule has 1 aliphatic heterocycles. The van der Waals surface area contributed by atoms with Crippen molar-refractivity contribution in [3.63, 3.8) is 0 Å². The van der Waals surface area contributed by atoms with Gasteiger partial charge in [-0.1, -0.05) is 57.5 Å². The molecule has 0 amide bonds. The van der Waals surface area contributed by atoms with E-state index in [9.17, 15) is 0 Å². The molecule has 1 aromatic rings.